The van der Waals surface area contributed by atoms with Gasteiger partial charge in [0.05, 0.1) is 16.1 Å². The summed E-state index contributed by atoms with van der Waals surface area (Å²) in [5.74, 6) is 0.393. The lowest BCUT2D eigenvalue weighted by atomic mass is 10.2. The smallest absolute Gasteiger partial charge is 0.238 e. The topological polar surface area (TPSA) is 134 Å². The highest BCUT2D eigenvalue weighted by Gasteiger charge is 2.13. The molecule has 122 valence electrons. The average molecular weight is 355 g/mol. The maximum Gasteiger partial charge on any atom is 0.238 e. The number of hydrogen-bond donors (Lipinski definition) is 4. The van der Waals surface area contributed by atoms with Gasteiger partial charge in [0.1, 0.15) is 0 Å². The van der Waals surface area contributed by atoms with Gasteiger partial charge in [0.2, 0.25) is 10.0 Å². The van der Waals surface area contributed by atoms with Gasteiger partial charge in [-0.3, -0.25) is 0 Å². The van der Waals surface area contributed by atoms with Crippen molar-refractivity contribution < 1.29 is 8.42 Å². The molecular weight excluding hydrogens is 340 g/mol. The summed E-state index contributed by atoms with van der Waals surface area (Å²) in [5, 5.41) is 26.4. The molecule has 0 unspecified atom stereocenters. The van der Waals surface area contributed by atoms with Crippen molar-refractivity contribution in [2.75, 3.05) is 17.7 Å². The second-order valence-corrected chi connectivity index (χ2v) is 6.48. The van der Waals surface area contributed by atoms with Crippen LogP contribution in [0.15, 0.2) is 29.2 Å². The molecule has 2 aromatic rings. The van der Waals surface area contributed by atoms with Crippen LogP contribution in [0.5, 0.6) is 0 Å². The van der Waals surface area contributed by atoms with Crippen LogP contribution in [-0.2, 0) is 16.6 Å². The van der Waals surface area contributed by atoms with Crippen molar-refractivity contribution in [1.29, 1.82) is 5.41 Å². The Balaban J connectivity index is 2.20. The molecule has 2 rings (SSSR count). The molecule has 0 saturated carbocycles. The number of nitrogens with one attached hydrogen (secondary N) is 3. The van der Waals surface area contributed by atoms with Crippen LogP contribution in [0.1, 0.15) is 11.1 Å². The van der Waals surface area contributed by atoms with Gasteiger partial charge in [-0.2, -0.15) is 0 Å². The maximum atomic E-state index is 11.2. The van der Waals surface area contributed by atoms with E-state index in [2.05, 4.69) is 20.8 Å². The van der Waals surface area contributed by atoms with E-state index in [9.17, 15) is 8.42 Å². The molecule has 1 aromatic heterocycles. The molecule has 0 aliphatic rings. The average Bonchev–Trinajstić information content (AvgIpc) is 2.52. The van der Waals surface area contributed by atoms with Crippen LogP contribution in [0.2, 0.25) is 5.15 Å². The summed E-state index contributed by atoms with van der Waals surface area (Å²) in [6.07, 6.45) is 1.12. The molecule has 0 radical (unpaired) electrons. The molecule has 0 amide bonds. The summed E-state index contributed by atoms with van der Waals surface area (Å²) in [6, 6.07) is 6.13. The van der Waals surface area contributed by atoms with Crippen molar-refractivity contribution in [2.45, 2.75) is 11.4 Å². The van der Waals surface area contributed by atoms with Gasteiger partial charge in [-0.15, -0.1) is 10.2 Å². The Hall–Kier alpha value is -2.23. The minimum absolute atomic E-state index is 0.0465. The zero-order valence-corrected chi connectivity index (χ0v) is 13.7. The highest BCUT2D eigenvalue weighted by atomic mass is 35.5. The number of hydrogen-bond acceptors (Lipinski definition) is 7. The third kappa shape index (κ3) is 3.95. The second kappa shape index (κ2) is 6.90. The van der Waals surface area contributed by atoms with Gasteiger partial charge in [0.25, 0.3) is 0 Å². The molecule has 0 fully saturated rings. The van der Waals surface area contributed by atoms with Crippen molar-refractivity contribution in [1.82, 2.24) is 10.2 Å². The highest BCUT2D eigenvalue weighted by molar-refractivity contribution is 7.89. The first-order valence-electron chi connectivity index (χ1n) is 6.47. The van der Waals surface area contributed by atoms with E-state index in [0.717, 1.165) is 11.8 Å². The number of nitrogens with two attached hydrogens (primary N) is 1. The Morgan fingerprint density at radius 2 is 1.96 bits per heavy atom. The number of aromatic nitrogens is 2. The van der Waals surface area contributed by atoms with Gasteiger partial charge in [0, 0.05) is 19.8 Å². The molecule has 10 heteroatoms. The SMILES string of the molecule is CNc1c(Cl)nnc(NCc2ccc(S(N)(=O)=O)cc2)c1C=N. The first-order chi connectivity index (χ1) is 10.9. The second-order valence-electron chi connectivity index (χ2n) is 4.56. The summed E-state index contributed by atoms with van der Waals surface area (Å²) in [4.78, 5) is 0.0465. The zero-order chi connectivity index (χ0) is 17.0. The first-order valence-corrected chi connectivity index (χ1v) is 8.39. The molecule has 0 bridgehead atoms. The van der Waals surface area contributed by atoms with Crippen molar-refractivity contribution >= 4 is 39.3 Å². The first kappa shape index (κ1) is 17.1. The quantitative estimate of drug-likeness (QED) is 0.580. The van der Waals surface area contributed by atoms with Crippen molar-refractivity contribution in [2.24, 2.45) is 5.14 Å². The number of anilines is 2. The Bertz CT molecular complexity index is 823. The van der Waals surface area contributed by atoms with Crippen LogP contribution in [0.25, 0.3) is 0 Å². The molecule has 1 heterocycles. The van der Waals surface area contributed by atoms with Crippen LogP contribution in [0.3, 0.4) is 0 Å². The van der Waals surface area contributed by atoms with Crippen LogP contribution < -0.4 is 15.8 Å². The molecule has 8 nitrogen and oxygen atoms in total. The predicted octanol–water partition coefficient (Wildman–Crippen LogP) is 1.43. The lowest BCUT2D eigenvalue weighted by Crippen LogP contribution is -2.12. The molecule has 0 saturated heterocycles. The summed E-state index contributed by atoms with van der Waals surface area (Å²) >= 11 is 5.92. The molecular formula is C13H15ClN6O2S. The van der Waals surface area contributed by atoms with Crippen molar-refractivity contribution in [3.05, 3.63) is 40.5 Å². The van der Waals surface area contributed by atoms with Gasteiger partial charge in [-0.05, 0) is 17.7 Å². The fraction of sp³-hybridized carbons (Fsp3) is 0.154. The van der Waals surface area contributed by atoms with Crippen molar-refractivity contribution in [3.63, 3.8) is 0 Å². The number of benzene rings is 1. The molecule has 0 aliphatic carbocycles. The molecule has 0 atom stereocenters. The van der Waals surface area contributed by atoms with E-state index in [4.69, 9.17) is 22.1 Å². The molecule has 23 heavy (non-hydrogen) atoms. The summed E-state index contributed by atoms with van der Waals surface area (Å²) < 4.78 is 22.4. The normalized spacial score (nSPS) is 11.1. The standard InChI is InChI=1S/C13H15ClN6O2S/c1-17-11-10(6-15)13(20-19-12(11)14)18-7-8-2-4-9(5-3-8)23(16,21)22/h2-6,15H,7H2,1H3,(H2,16,21,22)(H2,17,18,20). The predicted molar refractivity (Wildman–Crippen MR) is 89.6 cm³/mol. The summed E-state index contributed by atoms with van der Waals surface area (Å²) in [6.45, 7) is 0.366. The minimum Gasteiger partial charge on any atom is -0.385 e. The van der Waals surface area contributed by atoms with Gasteiger partial charge in [-0.1, -0.05) is 23.7 Å². The van der Waals surface area contributed by atoms with Crippen LogP contribution >= 0.6 is 11.6 Å². The third-order valence-corrected chi connectivity index (χ3v) is 4.27. The van der Waals surface area contributed by atoms with Crippen LogP contribution in [-0.4, -0.2) is 31.9 Å². The number of rotatable bonds is 6. The van der Waals surface area contributed by atoms with Gasteiger partial charge in [-0.25, -0.2) is 13.6 Å². The van der Waals surface area contributed by atoms with E-state index >= 15 is 0 Å². The summed E-state index contributed by atoms with van der Waals surface area (Å²) in [7, 11) is -2.03. The van der Waals surface area contributed by atoms with Gasteiger partial charge in [0.15, 0.2) is 11.0 Å². The van der Waals surface area contributed by atoms with Crippen LogP contribution in [0, 0.1) is 5.41 Å². The Kier molecular flexibility index (Phi) is 5.14. The van der Waals surface area contributed by atoms with Gasteiger partial charge >= 0.3 is 0 Å². The lowest BCUT2D eigenvalue weighted by Gasteiger charge is -2.12. The monoisotopic (exact) mass is 354 g/mol. The van der Waals surface area contributed by atoms with E-state index in [0.29, 0.717) is 23.6 Å². The van der Waals surface area contributed by atoms with E-state index in [1.165, 1.54) is 12.1 Å². The Labute approximate surface area is 138 Å². The van der Waals surface area contributed by atoms with E-state index in [1.807, 2.05) is 0 Å². The minimum atomic E-state index is -3.71. The maximum absolute atomic E-state index is 11.2. The van der Waals surface area contributed by atoms with E-state index in [1.54, 1.807) is 19.2 Å². The zero-order valence-electron chi connectivity index (χ0n) is 12.2. The van der Waals surface area contributed by atoms with Crippen molar-refractivity contribution in [3.8, 4) is 0 Å². The number of nitrogens with zero attached hydrogens (tertiary/aromatic N) is 2. The van der Waals surface area contributed by atoms with E-state index in [-0.39, 0.29) is 10.0 Å². The number of sulfonamides is 1. The fourth-order valence-electron chi connectivity index (χ4n) is 1.92. The Morgan fingerprint density at radius 3 is 2.48 bits per heavy atom. The number of halogens is 1. The lowest BCUT2D eigenvalue weighted by molar-refractivity contribution is 0.598. The molecule has 0 aliphatic heterocycles. The Morgan fingerprint density at radius 1 is 1.30 bits per heavy atom. The highest BCUT2D eigenvalue weighted by Crippen LogP contribution is 2.26. The largest absolute Gasteiger partial charge is 0.385 e. The summed E-state index contributed by atoms with van der Waals surface area (Å²) in [5.41, 5.74) is 1.80. The molecule has 0 spiro atoms. The molecule has 5 N–H and O–H groups in total. The fourth-order valence-corrected chi connectivity index (χ4v) is 2.67. The van der Waals surface area contributed by atoms with Crippen LogP contribution in [0.4, 0.5) is 11.5 Å². The molecule has 1 aromatic carbocycles. The third-order valence-electron chi connectivity index (χ3n) is 3.07. The van der Waals surface area contributed by atoms with E-state index < -0.39 is 10.0 Å². The van der Waals surface area contributed by atoms with Gasteiger partial charge < -0.3 is 16.0 Å². The number of primary sulfonamides is 1.